The summed E-state index contributed by atoms with van der Waals surface area (Å²) >= 11 is 0. The molecule has 1 heterocycles. The van der Waals surface area contributed by atoms with Crippen LogP contribution in [0.3, 0.4) is 0 Å². The molecule has 0 bridgehead atoms. The smallest absolute Gasteiger partial charge is 0.125 e. The largest absolute Gasteiger partial charge is 0.239 e. The highest BCUT2D eigenvalue weighted by molar-refractivity contribution is 5.18. The zero-order valence-corrected chi connectivity index (χ0v) is 7.50. The number of nitriles is 1. The minimum Gasteiger partial charge on any atom is -0.239 e. The molecule has 0 N–H and O–H groups in total. The van der Waals surface area contributed by atoms with E-state index in [0.29, 0.717) is 0 Å². The van der Waals surface area contributed by atoms with E-state index < -0.39 is 0 Å². The molecule has 1 aromatic heterocycles. The summed E-state index contributed by atoms with van der Waals surface area (Å²) in [5.74, 6) is 0.581. The molecular weight excluding hydrogens is 150 g/mol. The Kier molecular flexibility index (Phi) is 2.39. The molecule has 0 aliphatic rings. The van der Waals surface area contributed by atoms with Gasteiger partial charge >= 0.3 is 0 Å². The molecule has 0 saturated carbocycles. The molecule has 3 heteroatoms. The SMILES string of the molecule is Cc1cc(C(C)C#N)nc(C)n1. The van der Waals surface area contributed by atoms with Crippen molar-refractivity contribution in [1.82, 2.24) is 9.97 Å². The first kappa shape index (κ1) is 8.66. The van der Waals surface area contributed by atoms with Crippen molar-refractivity contribution >= 4 is 0 Å². The maximum atomic E-state index is 8.66. The van der Waals surface area contributed by atoms with Gasteiger partial charge in [-0.1, -0.05) is 0 Å². The lowest BCUT2D eigenvalue weighted by molar-refractivity contribution is 0.866. The van der Waals surface area contributed by atoms with Gasteiger partial charge in [-0.25, -0.2) is 9.97 Å². The highest BCUT2D eigenvalue weighted by Crippen LogP contribution is 2.11. The Labute approximate surface area is 72.1 Å². The second kappa shape index (κ2) is 3.31. The fourth-order valence-electron chi connectivity index (χ4n) is 1.03. The van der Waals surface area contributed by atoms with Crippen LogP contribution in [0.25, 0.3) is 0 Å². The molecule has 1 unspecified atom stereocenters. The summed E-state index contributed by atoms with van der Waals surface area (Å²) in [7, 11) is 0. The zero-order valence-electron chi connectivity index (χ0n) is 7.50. The Morgan fingerprint density at radius 1 is 1.42 bits per heavy atom. The van der Waals surface area contributed by atoms with Crippen molar-refractivity contribution in [2.24, 2.45) is 0 Å². The molecule has 3 nitrogen and oxygen atoms in total. The quantitative estimate of drug-likeness (QED) is 0.630. The molecule has 1 aromatic rings. The van der Waals surface area contributed by atoms with Gasteiger partial charge < -0.3 is 0 Å². The molecule has 62 valence electrons. The van der Waals surface area contributed by atoms with Gasteiger partial charge in [-0.15, -0.1) is 0 Å². The second-order valence-electron chi connectivity index (χ2n) is 2.83. The van der Waals surface area contributed by atoms with Crippen molar-refractivity contribution in [3.05, 3.63) is 23.3 Å². The maximum Gasteiger partial charge on any atom is 0.125 e. The van der Waals surface area contributed by atoms with Gasteiger partial charge in [-0.3, -0.25) is 0 Å². The number of hydrogen-bond donors (Lipinski definition) is 0. The van der Waals surface area contributed by atoms with Crippen LogP contribution in [0.1, 0.15) is 30.1 Å². The maximum absolute atomic E-state index is 8.66. The van der Waals surface area contributed by atoms with Crippen molar-refractivity contribution in [1.29, 1.82) is 5.26 Å². The molecule has 0 aliphatic heterocycles. The van der Waals surface area contributed by atoms with E-state index in [4.69, 9.17) is 5.26 Å². The van der Waals surface area contributed by atoms with Gasteiger partial charge in [0, 0.05) is 5.69 Å². The lowest BCUT2D eigenvalue weighted by atomic mass is 10.1. The average Bonchev–Trinajstić information content (AvgIpc) is 2.01. The summed E-state index contributed by atoms with van der Waals surface area (Å²) < 4.78 is 0. The minimum absolute atomic E-state index is 0.148. The first-order valence-electron chi connectivity index (χ1n) is 3.85. The van der Waals surface area contributed by atoms with Gasteiger partial charge in [0.25, 0.3) is 0 Å². The van der Waals surface area contributed by atoms with Gasteiger partial charge in [-0.2, -0.15) is 5.26 Å². The monoisotopic (exact) mass is 161 g/mol. The van der Waals surface area contributed by atoms with Crippen LogP contribution in [0.4, 0.5) is 0 Å². The van der Waals surface area contributed by atoms with Crippen LogP contribution in [0, 0.1) is 25.2 Å². The van der Waals surface area contributed by atoms with Crippen LogP contribution in [0.2, 0.25) is 0 Å². The Balaban J connectivity index is 3.10. The third-order valence-corrected chi connectivity index (χ3v) is 1.62. The van der Waals surface area contributed by atoms with Crippen molar-refractivity contribution in [3.8, 4) is 6.07 Å². The summed E-state index contributed by atoms with van der Waals surface area (Å²) in [6.07, 6.45) is 0. The van der Waals surface area contributed by atoms with E-state index in [-0.39, 0.29) is 5.92 Å². The summed E-state index contributed by atoms with van der Waals surface area (Å²) in [6.45, 7) is 5.57. The van der Waals surface area contributed by atoms with Crippen molar-refractivity contribution in [3.63, 3.8) is 0 Å². The number of nitrogens with zero attached hydrogens (tertiary/aromatic N) is 3. The van der Waals surface area contributed by atoms with Gasteiger partial charge in [0.15, 0.2) is 0 Å². The van der Waals surface area contributed by atoms with Crippen molar-refractivity contribution < 1.29 is 0 Å². The van der Waals surface area contributed by atoms with E-state index in [1.165, 1.54) is 0 Å². The van der Waals surface area contributed by atoms with Crippen molar-refractivity contribution in [2.75, 3.05) is 0 Å². The number of hydrogen-bond acceptors (Lipinski definition) is 3. The van der Waals surface area contributed by atoms with E-state index in [0.717, 1.165) is 17.2 Å². The molecule has 0 aromatic carbocycles. The minimum atomic E-state index is -0.148. The van der Waals surface area contributed by atoms with Crippen LogP contribution in [-0.2, 0) is 0 Å². The summed E-state index contributed by atoms with van der Waals surface area (Å²) in [5, 5.41) is 8.66. The lowest BCUT2D eigenvalue weighted by Crippen LogP contribution is -1.99. The first-order valence-corrected chi connectivity index (χ1v) is 3.85. The fourth-order valence-corrected chi connectivity index (χ4v) is 1.03. The Morgan fingerprint density at radius 3 is 2.58 bits per heavy atom. The van der Waals surface area contributed by atoms with Gasteiger partial charge in [-0.05, 0) is 26.8 Å². The number of aromatic nitrogens is 2. The van der Waals surface area contributed by atoms with Gasteiger partial charge in [0.05, 0.1) is 17.7 Å². The molecule has 0 saturated heterocycles. The second-order valence-corrected chi connectivity index (χ2v) is 2.83. The molecular formula is C9H11N3. The highest BCUT2D eigenvalue weighted by Gasteiger charge is 2.06. The average molecular weight is 161 g/mol. The zero-order chi connectivity index (χ0) is 9.14. The predicted octanol–water partition coefficient (Wildman–Crippen LogP) is 1.72. The summed E-state index contributed by atoms with van der Waals surface area (Å²) in [4.78, 5) is 8.30. The fraction of sp³-hybridized carbons (Fsp3) is 0.444. The van der Waals surface area contributed by atoms with E-state index in [2.05, 4.69) is 16.0 Å². The van der Waals surface area contributed by atoms with Crippen LogP contribution >= 0.6 is 0 Å². The number of rotatable bonds is 1. The predicted molar refractivity (Wildman–Crippen MR) is 45.5 cm³/mol. The normalized spacial score (nSPS) is 12.2. The molecule has 0 spiro atoms. The third-order valence-electron chi connectivity index (χ3n) is 1.62. The lowest BCUT2D eigenvalue weighted by Gasteiger charge is -2.03. The van der Waals surface area contributed by atoms with Crippen LogP contribution < -0.4 is 0 Å². The molecule has 1 atom stereocenters. The standard InChI is InChI=1S/C9H11N3/c1-6(5-10)9-4-7(2)11-8(3)12-9/h4,6H,1-3H3. The molecule has 0 amide bonds. The Hall–Kier alpha value is -1.43. The van der Waals surface area contributed by atoms with E-state index in [1.54, 1.807) is 0 Å². The third kappa shape index (κ3) is 1.79. The number of aryl methyl sites for hydroxylation is 2. The highest BCUT2D eigenvalue weighted by atomic mass is 14.9. The van der Waals surface area contributed by atoms with E-state index >= 15 is 0 Å². The Morgan fingerprint density at radius 2 is 2.08 bits per heavy atom. The van der Waals surface area contributed by atoms with Gasteiger partial charge in [0.1, 0.15) is 5.82 Å². The van der Waals surface area contributed by atoms with E-state index in [1.807, 2.05) is 26.8 Å². The molecule has 12 heavy (non-hydrogen) atoms. The molecule has 1 rings (SSSR count). The van der Waals surface area contributed by atoms with Crippen LogP contribution in [0.5, 0.6) is 0 Å². The summed E-state index contributed by atoms with van der Waals surface area (Å²) in [6, 6.07) is 3.99. The van der Waals surface area contributed by atoms with Gasteiger partial charge in [0.2, 0.25) is 0 Å². The Bertz CT molecular complexity index is 305. The van der Waals surface area contributed by atoms with Crippen LogP contribution in [-0.4, -0.2) is 9.97 Å². The van der Waals surface area contributed by atoms with Crippen molar-refractivity contribution in [2.45, 2.75) is 26.7 Å². The van der Waals surface area contributed by atoms with E-state index in [9.17, 15) is 0 Å². The van der Waals surface area contributed by atoms with Crippen LogP contribution in [0.15, 0.2) is 6.07 Å². The summed E-state index contributed by atoms with van der Waals surface area (Å²) in [5.41, 5.74) is 1.72. The molecule has 0 fully saturated rings. The molecule has 0 aliphatic carbocycles. The molecule has 0 radical (unpaired) electrons. The topological polar surface area (TPSA) is 49.6 Å². The first-order chi connectivity index (χ1) is 5.63.